The van der Waals surface area contributed by atoms with Crippen LogP contribution in [0.1, 0.15) is 26.7 Å². The Morgan fingerprint density at radius 1 is 1.24 bits per heavy atom. The Kier molecular flexibility index (Phi) is 5.73. The monoisotopic (exact) mass is 306 g/mol. The summed E-state index contributed by atoms with van der Waals surface area (Å²) in [5.41, 5.74) is 9.20. The van der Waals surface area contributed by atoms with Crippen molar-refractivity contribution in [1.29, 1.82) is 0 Å². The van der Waals surface area contributed by atoms with Crippen molar-refractivity contribution in [2.75, 3.05) is 13.7 Å². The molecule has 0 atom stereocenters. The molecule has 1 heterocycles. The molecule has 0 aliphatic carbocycles. The Labute approximate surface area is 129 Å². The highest BCUT2D eigenvalue weighted by molar-refractivity contribution is 7.11. The molecule has 0 aliphatic heterocycles. The van der Waals surface area contributed by atoms with Crippen molar-refractivity contribution in [1.82, 2.24) is 4.98 Å². The molecule has 2 rings (SSSR count). The van der Waals surface area contributed by atoms with Crippen LogP contribution < -0.4 is 10.5 Å². The van der Waals surface area contributed by atoms with Gasteiger partial charge >= 0.3 is 0 Å². The van der Waals surface area contributed by atoms with Crippen LogP contribution in [0.3, 0.4) is 0 Å². The third-order valence-electron chi connectivity index (χ3n) is 3.35. The Hall–Kier alpha value is -1.43. The van der Waals surface area contributed by atoms with Crippen molar-refractivity contribution in [2.24, 2.45) is 5.73 Å². The molecule has 114 valence electrons. The SMILES string of the molecule is COCc1nc(CCOc2ccc(C)c(C)c2)sc1CN. The maximum absolute atomic E-state index is 5.79. The van der Waals surface area contributed by atoms with E-state index in [1.807, 2.05) is 6.07 Å². The molecule has 0 saturated heterocycles. The summed E-state index contributed by atoms with van der Waals surface area (Å²) in [7, 11) is 1.67. The minimum atomic E-state index is 0.508. The molecular weight excluding hydrogens is 284 g/mol. The highest BCUT2D eigenvalue weighted by Crippen LogP contribution is 2.20. The van der Waals surface area contributed by atoms with Crippen molar-refractivity contribution in [3.63, 3.8) is 0 Å². The van der Waals surface area contributed by atoms with Gasteiger partial charge in [0, 0.05) is 25.0 Å². The molecule has 0 fully saturated rings. The van der Waals surface area contributed by atoms with Crippen LogP contribution in [0, 0.1) is 13.8 Å². The first-order valence-electron chi connectivity index (χ1n) is 7.00. The maximum atomic E-state index is 5.79. The number of methoxy groups -OCH3 is 1. The molecular formula is C16H22N2O2S. The number of aromatic nitrogens is 1. The molecule has 0 saturated carbocycles. The third kappa shape index (κ3) is 4.27. The molecule has 0 unspecified atom stereocenters. The molecule has 1 aromatic heterocycles. The van der Waals surface area contributed by atoms with Crippen LogP contribution in [-0.4, -0.2) is 18.7 Å². The Morgan fingerprint density at radius 2 is 2.05 bits per heavy atom. The number of benzene rings is 1. The zero-order chi connectivity index (χ0) is 15.2. The molecule has 2 N–H and O–H groups in total. The van der Waals surface area contributed by atoms with Crippen LogP contribution in [0.2, 0.25) is 0 Å². The van der Waals surface area contributed by atoms with E-state index in [4.69, 9.17) is 15.2 Å². The first-order chi connectivity index (χ1) is 10.1. The molecule has 21 heavy (non-hydrogen) atoms. The lowest BCUT2D eigenvalue weighted by molar-refractivity contribution is 0.181. The van der Waals surface area contributed by atoms with Crippen molar-refractivity contribution in [3.05, 3.63) is 44.9 Å². The van der Waals surface area contributed by atoms with E-state index in [0.29, 0.717) is 19.8 Å². The largest absolute Gasteiger partial charge is 0.493 e. The second-order valence-corrected chi connectivity index (χ2v) is 6.13. The molecule has 5 heteroatoms. The third-order valence-corrected chi connectivity index (χ3v) is 4.53. The fourth-order valence-electron chi connectivity index (χ4n) is 2.01. The van der Waals surface area contributed by atoms with Gasteiger partial charge in [0.25, 0.3) is 0 Å². The average molecular weight is 306 g/mol. The fraction of sp³-hybridized carbons (Fsp3) is 0.438. The van der Waals surface area contributed by atoms with Gasteiger partial charge in [-0.25, -0.2) is 4.98 Å². The highest BCUT2D eigenvalue weighted by atomic mass is 32.1. The van der Waals surface area contributed by atoms with E-state index in [2.05, 4.69) is 31.0 Å². The molecule has 1 aromatic carbocycles. The van der Waals surface area contributed by atoms with Crippen LogP contribution in [0.5, 0.6) is 5.75 Å². The number of hydrogen-bond donors (Lipinski definition) is 1. The van der Waals surface area contributed by atoms with Crippen molar-refractivity contribution < 1.29 is 9.47 Å². The van der Waals surface area contributed by atoms with Crippen molar-refractivity contribution in [3.8, 4) is 5.75 Å². The van der Waals surface area contributed by atoms with Crippen LogP contribution in [0.25, 0.3) is 0 Å². The molecule has 0 amide bonds. The molecule has 0 bridgehead atoms. The van der Waals surface area contributed by atoms with Gasteiger partial charge in [0.1, 0.15) is 5.75 Å². The number of aryl methyl sites for hydroxylation is 2. The Balaban J connectivity index is 1.92. The van der Waals surface area contributed by atoms with Gasteiger partial charge in [-0.3, -0.25) is 0 Å². The molecule has 0 radical (unpaired) electrons. The number of rotatable bonds is 7. The lowest BCUT2D eigenvalue weighted by Gasteiger charge is -2.07. The minimum Gasteiger partial charge on any atom is -0.493 e. The molecule has 2 aromatic rings. The average Bonchev–Trinajstić information content (AvgIpc) is 2.85. The lowest BCUT2D eigenvalue weighted by Crippen LogP contribution is -2.02. The first-order valence-corrected chi connectivity index (χ1v) is 7.82. The second-order valence-electron chi connectivity index (χ2n) is 4.96. The van der Waals surface area contributed by atoms with E-state index in [9.17, 15) is 0 Å². The summed E-state index contributed by atoms with van der Waals surface area (Å²) < 4.78 is 10.9. The van der Waals surface area contributed by atoms with Gasteiger partial charge in [-0.05, 0) is 37.1 Å². The van der Waals surface area contributed by atoms with E-state index >= 15 is 0 Å². The minimum absolute atomic E-state index is 0.508. The zero-order valence-corrected chi connectivity index (χ0v) is 13.6. The van der Waals surface area contributed by atoms with Crippen LogP contribution >= 0.6 is 11.3 Å². The van der Waals surface area contributed by atoms with Crippen molar-refractivity contribution in [2.45, 2.75) is 33.4 Å². The van der Waals surface area contributed by atoms with Crippen LogP contribution in [0.15, 0.2) is 18.2 Å². The summed E-state index contributed by atoms with van der Waals surface area (Å²) in [6.07, 6.45) is 0.786. The molecule has 4 nitrogen and oxygen atoms in total. The summed E-state index contributed by atoms with van der Waals surface area (Å²) in [4.78, 5) is 5.66. The number of nitrogens with two attached hydrogens (primary N) is 1. The zero-order valence-electron chi connectivity index (χ0n) is 12.8. The summed E-state index contributed by atoms with van der Waals surface area (Å²) in [6.45, 7) is 5.83. The number of nitrogens with zero attached hydrogens (tertiary/aromatic N) is 1. The van der Waals surface area contributed by atoms with Gasteiger partial charge in [-0.1, -0.05) is 6.07 Å². The van der Waals surface area contributed by atoms with E-state index in [1.54, 1.807) is 18.4 Å². The Bertz CT molecular complexity index is 596. The van der Waals surface area contributed by atoms with Crippen LogP contribution in [-0.2, 0) is 24.3 Å². The lowest BCUT2D eigenvalue weighted by atomic mass is 10.1. The van der Waals surface area contributed by atoms with Crippen LogP contribution in [0.4, 0.5) is 0 Å². The van der Waals surface area contributed by atoms with Gasteiger partial charge in [-0.15, -0.1) is 11.3 Å². The van der Waals surface area contributed by atoms with Gasteiger partial charge in [-0.2, -0.15) is 0 Å². The number of thiazole rings is 1. The normalized spacial score (nSPS) is 10.9. The van der Waals surface area contributed by atoms with Gasteiger partial charge in [0.05, 0.1) is 23.9 Å². The summed E-state index contributed by atoms with van der Waals surface area (Å²) in [5, 5.41) is 1.05. The van der Waals surface area contributed by atoms with E-state index < -0.39 is 0 Å². The Morgan fingerprint density at radius 3 is 2.71 bits per heavy atom. The maximum Gasteiger partial charge on any atom is 0.119 e. The van der Waals surface area contributed by atoms with Gasteiger partial charge < -0.3 is 15.2 Å². The van der Waals surface area contributed by atoms with E-state index in [0.717, 1.165) is 27.7 Å². The summed E-state index contributed by atoms with van der Waals surface area (Å²) in [5.74, 6) is 0.908. The second kappa shape index (κ2) is 7.54. The quantitative estimate of drug-likeness (QED) is 0.854. The summed E-state index contributed by atoms with van der Waals surface area (Å²) in [6, 6.07) is 6.15. The predicted molar refractivity (Wildman–Crippen MR) is 85.8 cm³/mol. The first kappa shape index (κ1) is 15.9. The number of hydrogen-bond acceptors (Lipinski definition) is 5. The van der Waals surface area contributed by atoms with E-state index in [1.165, 1.54) is 11.1 Å². The predicted octanol–water partition coefficient (Wildman–Crippen LogP) is 2.99. The highest BCUT2D eigenvalue weighted by Gasteiger charge is 2.09. The van der Waals surface area contributed by atoms with Crippen molar-refractivity contribution >= 4 is 11.3 Å². The van der Waals surface area contributed by atoms with Gasteiger partial charge in [0.2, 0.25) is 0 Å². The topological polar surface area (TPSA) is 57.4 Å². The molecule has 0 spiro atoms. The smallest absolute Gasteiger partial charge is 0.119 e. The molecule has 0 aliphatic rings. The van der Waals surface area contributed by atoms with E-state index in [-0.39, 0.29) is 0 Å². The van der Waals surface area contributed by atoms with Gasteiger partial charge in [0.15, 0.2) is 0 Å². The standard InChI is InChI=1S/C16H22N2O2S/c1-11-4-5-13(8-12(11)2)20-7-6-16-18-14(10-19-3)15(9-17)21-16/h4-5,8H,6-7,9-10,17H2,1-3H3. The fourth-order valence-corrected chi connectivity index (χ4v) is 2.94. The summed E-state index contributed by atoms with van der Waals surface area (Å²) >= 11 is 1.64. The number of ether oxygens (including phenoxy) is 2.